The molecule has 2 aromatic rings. The van der Waals surface area contributed by atoms with Crippen molar-refractivity contribution in [1.29, 1.82) is 0 Å². The molecule has 1 N–H and O–H groups in total. The minimum atomic E-state index is -5.05. The Morgan fingerprint density at radius 1 is 1.00 bits per heavy atom. The molecule has 0 radical (unpaired) electrons. The van der Waals surface area contributed by atoms with Gasteiger partial charge in [-0.1, -0.05) is 24.3 Å². The van der Waals surface area contributed by atoms with Crippen LogP contribution in [0.1, 0.15) is 23.2 Å². The van der Waals surface area contributed by atoms with Crippen molar-refractivity contribution in [2.24, 2.45) is 0 Å². The van der Waals surface area contributed by atoms with Crippen LogP contribution in [-0.4, -0.2) is 38.7 Å². The minimum Gasteiger partial charge on any atom is -0.404 e. The van der Waals surface area contributed by atoms with Crippen molar-refractivity contribution in [2.45, 2.75) is 24.1 Å². The summed E-state index contributed by atoms with van der Waals surface area (Å²) >= 11 is 0. The molecule has 28 heavy (non-hydrogen) atoms. The van der Waals surface area contributed by atoms with Crippen molar-refractivity contribution in [2.75, 3.05) is 17.8 Å². The number of halogens is 3. The van der Waals surface area contributed by atoms with Crippen molar-refractivity contribution in [3.8, 4) is 5.75 Å². The molecular weight excluding hydrogens is 397 g/mol. The molecule has 1 aliphatic heterocycles. The number of likely N-dealkylation sites (tertiary alicyclic amines) is 1. The highest BCUT2D eigenvalue weighted by molar-refractivity contribution is 7.92. The number of nitrogens with one attached hydrogen (secondary N) is 1. The van der Waals surface area contributed by atoms with Gasteiger partial charge >= 0.3 is 6.36 Å². The molecule has 2 aromatic carbocycles. The highest BCUT2D eigenvalue weighted by atomic mass is 32.2. The summed E-state index contributed by atoms with van der Waals surface area (Å²) in [4.78, 5) is 13.6. The average molecular weight is 414 g/mol. The zero-order valence-electron chi connectivity index (χ0n) is 14.6. The number of carbonyl (C=O) groups is 1. The quantitative estimate of drug-likeness (QED) is 0.811. The van der Waals surface area contributed by atoms with Gasteiger partial charge in [0.2, 0.25) is 0 Å². The Hall–Kier alpha value is -2.75. The lowest BCUT2D eigenvalue weighted by molar-refractivity contribution is -0.275. The normalized spacial score (nSPS) is 14.8. The maximum atomic E-state index is 12.7. The van der Waals surface area contributed by atoms with Crippen LogP contribution in [0, 0.1) is 0 Å². The summed E-state index contributed by atoms with van der Waals surface area (Å²) in [5.74, 6) is -1.19. The number of benzene rings is 2. The summed E-state index contributed by atoms with van der Waals surface area (Å²) in [6.07, 6.45) is -3.32. The molecule has 0 atom stereocenters. The molecule has 0 aliphatic carbocycles. The predicted molar refractivity (Wildman–Crippen MR) is 95.5 cm³/mol. The van der Waals surface area contributed by atoms with E-state index in [9.17, 15) is 26.4 Å². The van der Waals surface area contributed by atoms with Crippen molar-refractivity contribution in [1.82, 2.24) is 4.90 Å². The van der Waals surface area contributed by atoms with Crippen molar-refractivity contribution >= 4 is 21.6 Å². The average Bonchev–Trinajstić information content (AvgIpc) is 3.15. The second-order valence-electron chi connectivity index (χ2n) is 6.14. The van der Waals surface area contributed by atoms with Crippen LogP contribution in [0.5, 0.6) is 5.75 Å². The summed E-state index contributed by atoms with van der Waals surface area (Å²) in [5, 5.41) is 0. The lowest BCUT2D eigenvalue weighted by atomic mass is 10.1. The molecule has 1 saturated heterocycles. The van der Waals surface area contributed by atoms with E-state index in [2.05, 4.69) is 9.46 Å². The maximum Gasteiger partial charge on any atom is 0.573 e. The number of alkyl halides is 3. The number of sulfonamides is 1. The number of ether oxygens (including phenoxy) is 1. The zero-order chi connectivity index (χ0) is 20.4. The lowest BCUT2D eigenvalue weighted by Gasteiger charge is -2.19. The molecule has 150 valence electrons. The topological polar surface area (TPSA) is 75.7 Å². The number of amides is 1. The second-order valence-corrected chi connectivity index (χ2v) is 7.80. The van der Waals surface area contributed by atoms with Crippen molar-refractivity contribution < 1.29 is 31.1 Å². The fraction of sp³-hybridized carbons (Fsp3) is 0.278. The second kappa shape index (κ2) is 7.70. The molecule has 1 aliphatic rings. The highest BCUT2D eigenvalue weighted by Gasteiger charge is 2.34. The first-order chi connectivity index (χ1) is 13.2. The van der Waals surface area contributed by atoms with E-state index in [1.165, 1.54) is 30.3 Å². The van der Waals surface area contributed by atoms with Crippen LogP contribution in [0.4, 0.5) is 18.9 Å². The molecule has 0 bridgehead atoms. The van der Waals surface area contributed by atoms with Gasteiger partial charge in [0, 0.05) is 13.1 Å². The van der Waals surface area contributed by atoms with Gasteiger partial charge in [-0.25, -0.2) is 8.42 Å². The third-order valence-electron chi connectivity index (χ3n) is 4.16. The largest absolute Gasteiger partial charge is 0.573 e. The third-order valence-corrected chi connectivity index (χ3v) is 5.56. The van der Waals surface area contributed by atoms with Crippen LogP contribution in [0.15, 0.2) is 53.4 Å². The monoisotopic (exact) mass is 414 g/mol. The van der Waals surface area contributed by atoms with E-state index in [0.29, 0.717) is 13.1 Å². The van der Waals surface area contributed by atoms with Gasteiger partial charge in [-0.2, -0.15) is 0 Å². The molecule has 1 amide bonds. The Balaban J connectivity index is 1.93. The van der Waals surface area contributed by atoms with Crippen molar-refractivity contribution in [3.63, 3.8) is 0 Å². The van der Waals surface area contributed by atoms with Gasteiger partial charge in [0.05, 0.1) is 11.3 Å². The smallest absolute Gasteiger partial charge is 0.404 e. The van der Waals surface area contributed by atoms with E-state index in [4.69, 9.17) is 0 Å². The van der Waals surface area contributed by atoms with Crippen LogP contribution in [0.25, 0.3) is 0 Å². The first kappa shape index (κ1) is 20.0. The van der Waals surface area contributed by atoms with E-state index in [1.807, 2.05) is 0 Å². The van der Waals surface area contributed by atoms with E-state index in [0.717, 1.165) is 25.0 Å². The van der Waals surface area contributed by atoms with Gasteiger partial charge in [0.25, 0.3) is 15.9 Å². The number of hydrogen-bond acceptors (Lipinski definition) is 4. The highest BCUT2D eigenvalue weighted by Crippen LogP contribution is 2.31. The fourth-order valence-electron chi connectivity index (χ4n) is 2.93. The third kappa shape index (κ3) is 4.56. The first-order valence-corrected chi connectivity index (χ1v) is 9.91. The standard InChI is InChI=1S/C18H17F3N2O4S/c19-18(20,21)27-15-9-3-4-10-16(15)28(25,26)22-14-8-2-1-7-13(14)17(24)23-11-5-6-12-23/h1-4,7-10,22H,5-6,11-12H2. The Morgan fingerprint density at radius 2 is 1.61 bits per heavy atom. The van der Waals surface area contributed by atoms with Crippen LogP contribution in [0.2, 0.25) is 0 Å². The molecule has 0 unspecified atom stereocenters. The van der Waals surface area contributed by atoms with E-state index in [-0.39, 0.29) is 17.2 Å². The van der Waals surface area contributed by atoms with Crippen LogP contribution >= 0.6 is 0 Å². The molecule has 1 heterocycles. The van der Waals surface area contributed by atoms with Gasteiger partial charge in [-0.15, -0.1) is 13.2 Å². The molecule has 0 spiro atoms. The van der Waals surface area contributed by atoms with Crippen LogP contribution < -0.4 is 9.46 Å². The molecule has 6 nitrogen and oxygen atoms in total. The van der Waals surface area contributed by atoms with Gasteiger partial charge in [0.1, 0.15) is 10.6 Å². The molecule has 10 heteroatoms. The van der Waals surface area contributed by atoms with E-state index in [1.54, 1.807) is 11.0 Å². The maximum absolute atomic E-state index is 12.7. The fourth-order valence-corrected chi connectivity index (χ4v) is 4.14. The molecule has 0 saturated carbocycles. The number of rotatable bonds is 5. The van der Waals surface area contributed by atoms with Gasteiger partial charge in [-0.05, 0) is 37.1 Å². The molecular formula is C18H17F3N2O4S. The van der Waals surface area contributed by atoms with Crippen molar-refractivity contribution in [3.05, 3.63) is 54.1 Å². The first-order valence-electron chi connectivity index (χ1n) is 8.43. The molecule has 0 aromatic heterocycles. The zero-order valence-corrected chi connectivity index (χ0v) is 15.4. The Kier molecular flexibility index (Phi) is 5.50. The van der Waals surface area contributed by atoms with Crippen LogP contribution in [0.3, 0.4) is 0 Å². The Bertz CT molecular complexity index is 971. The van der Waals surface area contributed by atoms with E-state index >= 15 is 0 Å². The number of hydrogen-bond donors (Lipinski definition) is 1. The summed E-state index contributed by atoms with van der Waals surface area (Å²) < 4.78 is 69.2. The summed E-state index contributed by atoms with van der Waals surface area (Å²) in [6, 6.07) is 10.4. The van der Waals surface area contributed by atoms with E-state index < -0.39 is 27.0 Å². The molecule has 1 fully saturated rings. The Morgan fingerprint density at radius 3 is 2.29 bits per heavy atom. The Labute approximate surface area is 160 Å². The van der Waals surface area contributed by atoms with Gasteiger partial charge in [0.15, 0.2) is 0 Å². The van der Waals surface area contributed by atoms with Gasteiger partial charge in [-0.3, -0.25) is 9.52 Å². The number of carbonyl (C=O) groups excluding carboxylic acids is 1. The summed E-state index contributed by atoms with van der Waals surface area (Å²) in [6.45, 7) is 1.14. The summed E-state index contributed by atoms with van der Waals surface area (Å²) in [5.41, 5.74) is 0.114. The SMILES string of the molecule is O=C(c1ccccc1NS(=O)(=O)c1ccccc1OC(F)(F)F)N1CCCC1. The van der Waals surface area contributed by atoms with Crippen LogP contribution in [-0.2, 0) is 10.0 Å². The molecule has 3 rings (SSSR count). The number of para-hydroxylation sites is 2. The summed E-state index contributed by atoms with van der Waals surface area (Å²) in [7, 11) is -4.44. The predicted octanol–water partition coefficient (Wildman–Crippen LogP) is 3.62. The number of anilines is 1. The lowest BCUT2D eigenvalue weighted by Crippen LogP contribution is -2.29. The van der Waals surface area contributed by atoms with Gasteiger partial charge < -0.3 is 9.64 Å². The minimum absolute atomic E-state index is 0.0128. The number of nitrogens with zero attached hydrogens (tertiary/aromatic N) is 1.